The zero-order valence-electron chi connectivity index (χ0n) is 10.7. The topological polar surface area (TPSA) is 55.8 Å². The fraction of sp³-hybridized carbons (Fsp3) is 0.308. The Bertz CT molecular complexity index is 633. The number of benzene rings is 1. The fourth-order valence-electron chi connectivity index (χ4n) is 1.65. The van der Waals surface area contributed by atoms with Crippen LogP contribution in [0, 0.1) is 5.82 Å². The minimum absolute atomic E-state index is 0.0179. The predicted molar refractivity (Wildman–Crippen MR) is 70.6 cm³/mol. The molecule has 0 radical (unpaired) electrons. The first kappa shape index (κ1) is 13.6. The molecule has 2 rings (SSSR count). The van der Waals surface area contributed by atoms with Crippen LogP contribution in [0.15, 0.2) is 12.1 Å². The van der Waals surface area contributed by atoms with E-state index in [4.69, 9.17) is 9.47 Å². The Morgan fingerprint density at radius 1 is 1.42 bits per heavy atom. The molecule has 4 nitrogen and oxygen atoms in total. The van der Waals surface area contributed by atoms with E-state index in [1.165, 1.54) is 19.2 Å². The first-order chi connectivity index (χ1) is 8.93. The van der Waals surface area contributed by atoms with Crippen molar-refractivity contribution in [2.24, 2.45) is 0 Å². The third-order valence-corrected chi connectivity index (χ3v) is 3.59. The number of hydrogen-bond acceptors (Lipinski definition) is 5. The van der Waals surface area contributed by atoms with Crippen LogP contribution in [-0.4, -0.2) is 24.3 Å². The molecule has 0 fully saturated rings. The monoisotopic (exact) mass is 284 g/mol. The number of carbonyl (C=O) groups excluding carboxylic acids is 1. The van der Waals surface area contributed by atoms with E-state index < -0.39 is 11.8 Å². The molecule has 1 aromatic heterocycles. The SMILES string of the molecule is COc1cc2c(O)c(C(=O)OC(C)C)sc2cc1F. The quantitative estimate of drug-likeness (QED) is 0.878. The molecule has 1 heterocycles. The number of methoxy groups -OCH3 is 1. The van der Waals surface area contributed by atoms with Gasteiger partial charge in [-0.1, -0.05) is 0 Å². The summed E-state index contributed by atoms with van der Waals surface area (Å²) in [4.78, 5) is 11.9. The lowest BCUT2D eigenvalue weighted by molar-refractivity contribution is 0.0381. The number of fused-ring (bicyclic) bond motifs is 1. The van der Waals surface area contributed by atoms with E-state index in [9.17, 15) is 14.3 Å². The largest absolute Gasteiger partial charge is 0.505 e. The average molecular weight is 284 g/mol. The Balaban J connectivity index is 2.53. The Morgan fingerprint density at radius 2 is 2.11 bits per heavy atom. The lowest BCUT2D eigenvalue weighted by Gasteiger charge is -2.06. The number of halogens is 1. The average Bonchev–Trinajstić information content (AvgIpc) is 2.64. The minimum Gasteiger partial charge on any atom is -0.505 e. The number of thiophene rings is 1. The van der Waals surface area contributed by atoms with Gasteiger partial charge >= 0.3 is 5.97 Å². The van der Waals surface area contributed by atoms with Gasteiger partial charge in [-0.2, -0.15) is 0 Å². The Morgan fingerprint density at radius 3 is 2.68 bits per heavy atom. The number of rotatable bonds is 3. The minimum atomic E-state index is -0.618. The first-order valence-corrected chi connectivity index (χ1v) is 6.45. The summed E-state index contributed by atoms with van der Waals surface area (Å²) in [6, 6.07) is 2.59. The second-order valence-corrected chi connectivity index (χ2v) is 5.27. The van der Waals surface area contributed by atoms with Crippen molar-refractivity contribution in [1.82, 2.24) is 0 Å². The first-order valence-electron chi connectivity index (χ1n) is 5.64. The number of ether oxygens (including phenoxy) is 2. The zero-order valence-corrected chi connectivity index (χ0v) is 11.5. The van der Waals surface area contributed by atoms with Crippen LogP contribution in [-0.2, 0) is 4.74 Å². The number of carbonyl (C=O) groups is 1. The van der Waals surface area contributed by atoms with Crippen LogP contribution in [0.5, 0.6) is 11.5 Å². The van der Waals surface area contributed by atoms with E-state index in [1.807, 2.05) is 0 Å². The lowest BCUT2D eigenvalue weighted by atomic mass is 10.2. The van der Waals surface area contributed by atoms with Crippen LogP contribution in [0.2, 0.25) is 0 Å². The molecule has 102 valence electrons. The summed E-state index contributed by atoms with van der Waals surface area (Å²) in [7, 11) is 1.33. The predicted octanol–water partition coefficient (Wildman–Crippen LogP) is 3.32. The molecule has 0 aliphatic rings. The van der Waals surface area contributed by atoms with Crippen molar-refractivity contribution in [3.8, 4) is 11.5 Å². The van der Waals surface area contributed by atoms with Gasteiger partial charge in [-0.25, -0.2) is 9.18 Å². The third kappa shape index (κ3) is 2.49. The van der Waals surface area contributed by atoms with Gasteiger partial charge in [-0.05, 0) is 26.0 Å². The van der Waals surface area contributed by atoms with E-state index in [2.05, 4.69) is 0 Å². The summed E-state index contributed by atoms with van der Waals surface area (Å²) >= 11 is 0.987. The van der Waals surface area contributed by atoms with Gasteiger partial charge in [0.25, 0.3) is 0 Å². The summed E-state index contributed by atoms with van der Waals surface area (Å²) in [5, 5.41) is 10.4. The van der Waals surface area contributed by atoms with Crippen molar-refractivity contribution in [3.63, 3.8) is 0 Å². The highest BCUT2D eigenvalue weighted by atomic mass is 32.1. The lowest BCUT2D eigenvalue weighted by Crippen LogP contribution is -2.10. The Labute approximate surface area is 113 Å². The van der Waals surface area contributed by atoms with Crippen molar-refractivity contribution in [3.05, 3.63) is 22.8 Å². The second kappa shape index (κ2) is 5.05. The molecule has 0 amide bonds. The molecule has 0 atom stereocenters. The molecular weight excluding hydrogens is 271 g/mol. The molecule has 0 saturated heterocycles. The van der Waals surface area contributed by atoms with Gasteiger partial charge in [0, 0.05) is 10.1 Å². The van der Waals surface area contributed by atoms with Crippen molar-refractivity contribution in [2.75, 3.05) is 7.11 Å². The molecular formula is C13H13FO4S. The summed E-state index contributed by atoms with van der Waals surface area (Å²) in [5.74, 6) is -1.35. The van der Waals surface area contributed by atoms with Gasteiger partial charge in [-0.3, -0.25) is 0 Å². The normalized spacial score (nSPS) is 11.0. The number of aromatic hydroxyl groups is 1. The molecule has 0 aliphatic heterocycles. The van der Waals surface area contributed by atoms with Gasteiger partial charge in [0.15, 0.2) is 16.4 Å². The molecule has 1 aromatic carbocycles. The van der Waals surface area contributed by atoms with Crippen LogP contribution < -0.4 is 4.74 Å². The summed E-state index contributed by atoms with van der Waals surface area (Å²) < 4.78 is 23.9. The molecule has 2 aromatic rings. The zero-order chi connectivity index (χ0) is 14.2. The standard InChI is InChI=1S/C13H13FO4S/c1-6(2)18-13(16)12-11(15)7-4-9(17-3)8(14)5-10(7)19-12/h4-6,15H,1-3H3. The van der Waals surface area contributed by atoms with Crippen LogP contribution in [0.4, 0.5) is 4.39 Å². The van der Waals surface area contributed by atoms with Crippen molar-refractivity contribution in [1.29, 1.82) is 0 Å². The van der Waals surface area contributed by atoms with Gasteiger partial charge in [0.2, 0.25) is 0 Å². The molecule has 1 N–H and O–H groups in total. The number of esters is 1. The van der Waals surface area contributed by atoms with Crippen LogP contribution in [0.1, 0.15) is 23.5 Å². The Hall–Kier alpha value is -1.82. The second-order valence-electron chi connectivity index (χ2n) is 4.22. The maximum Gasteiger partial charge on any atom is 0.352 e. The van der Waals surface area contributed by atoms with E-state index in [1.54, 1.807) is 13.8 Å². The summed E-state index contributed by atoms with van der Waals surface area (Å²) in [6.07, 6.45) is -0.289. The smallest absolute Gasteiger partial charge is 0.352 e. The van der Waals surface area contributed by atoms with E-state index in [-0.39, 0.29) is 22.5 Å². The van der Waals surface area contributed by atoms with Crippen LogP contribution in [0.3, 0.4) is 0 Å². The van der Waals surface area contributed by atoms with Gasteiger partial charge in [-0.15, -0.1) is 11.3 Å². The number of hydrogen-bond donors (Lipinski definition) is 1. The van der Waals surface area contributed by atoms with Gasteiger partial charge < -0.3 is 14.6 Å². The van der Waals surface area contributed by atoms with Crippen molar-refractivity contribution >= 4 is 27.4 Å². The van der Waals surface area contributed by atoms with Crippen molar-refractivity contribution < 1.29 is 23.8 Å². The molecule has 19 heavy (non-hydrogen) atoms. The van der Waals surface area contributed by atoms with E-state index in [0.29, 0.717) is 10.1 Å². The van der Waals surface area contributed by atoms with Gasteiger partial charge in [0.05, 0.1) is 13.2 Å². The van der Waals surface area contributed by atoms with E-state index >= 15 is 0 Å². The molecule has 0 unspecified atom stereocenters. The molecule has 6 heteroatoms. The Kier molecular flexibility index (Phi) is 3.61. The maximum atomic E-state index is 13.6. The van der Waals surface area contributed by atoms with Gasteiger partial charge in [0.1, 0.15) is 5.75 Å². The third-order valence-electron chi connectivity index (χ3n) is 2.46. The molecule has 0 spiro atoms. The van der Waals surface area contributed by atoms with E-state index in [0.717, 1.165) is 11.3 Å². The highest BCUT2D eigenvalue weighted by Crippen LogP contribution is 2.40. The molecule has 0 aliphatic carbocycles. The van der Waals surface area contributed by atoms with Crippen molar-refractivity contribution in [2.45, 2.75) is 20.0 Å². The maximum absolute atomic E-state index is 13.6. The fourth-order valence-corrected chi connectivity index (χ4v) is 2.63. The highest BCUT2D eigenvalue weighted by molar-refractivity contribution is 7.21. The van der Waals surface area contributed by atoms with Crippen LogP contribution in [0.25, 0.3) is 10.1 Å². The highest BCUT2D eigenvalue weighted by Gasteiger charge is 2.21. The summed E-state index contributed by atoms with van der Waals surface area (Å²) in [5.41, 5.74) is 0. The molecule has 0 saturated carbocycles. The van der Waals surface area contributed by atoms with Crippen LogP contribution >= 0.6 is 11.3 Å². The molecule has 0 bridgehead atoms. The summed E-state index contributed by atoms with van der Waals surface area (Å²) in [6.45, 7) is 3.43.